The van der Waals surface area contributed by atoms with Gasteiger partial charge < -0.3 is 4.42 Å². The molecule has 1 unspecified atom stereocenters. The lowest BCUT2D eigenvalue weighted by molar-refractivity contribution is -0.00981. The molecule has 112 valence electrons. The van der Waals surface area contributed by atoms with Crippen LogP contribution in [0.15, 0.2) is 4.42 Å². The molecule has 2 aliphatic heterocycles. The van der Waals surface area contributed by atoms with Crippen LogP contribution in [-0.4, -0.2) is 51.7 Å². The highest BCUT2D eigenvalue weighted by Crippen LogP contribution is 2.25. The number of rotatable bonds is 4. The van der Waals surface area contributed by atoms with E-state index in [2.05, 4.69) is 40.8 Å². The average molecular weight is 278 g/mol. The van der Waals surface area contributed by atoms with E-state index in [4.69, 9.17) is 4.42 Å². The topological polar surface area (TPSA) is 45.4 Å². The van der Waals surface area contributed by atoms with Gasteiger partial charge >= 0.3 is 0 Å². The molecule has 1 atom stereocenters. The van der Waals surface area contributed by atoms with Crippen molar-refractivity contribution in [2.75, 3.05) is 19.6 Å². The lowest BCUT2D eigenvalue weighted by Gasteiger charge is -2.48. The minimum Gasteiger partial charge on any atom is -0.424 e. The Bertz CT molecular complexity index is 439. The Labute approximate surface area is 121 Å². The van der Waals surface area contributed by atoms with Crippen LogP contribution >= 0.6 is 0 Å². The first-order valence-electron chi connectivity index (χ1n) is 7.94. The highest BCUT2D eigenvalue weighted by Gasteiger charge is 2.35. The monoisotopic (exact) mass is 278 g/mol. The van der Waals surface area contributed by atoms with E-state index in [1.165, 1.54) is 25.8 Å². The molecule has 5 heteroatoms. The summed E-state index contributed by atoms with van der Waals surface area (Å²) in [4.78, 5) is 5.09. The molecule has 1 aromatic heterocycles. The van der Waals surface area contributed by atoms with Gasteiger partial charge in [-0.2, -0.15) is 0 Å². The summed E-state index contributed by atoms with van der Waals surface area (Å²) in [6.07, 6.45) is 4.12. The maximum absolute atomic E-state index is 5.68. The van der Waals surface area contributed by atoms with Gasteiger partial charge in [-0.15, -0.1) is 10.2 Å². The molecule has 0 aliphatic carbocycles. The van der Waals surface area contributed by atoms with E-state index >= 15 is 0 Å². The van der Waals surface area contributed by atoms with Crippen LogP contribution in [0.5, 0.6) is 0 Å². The molecule has 0 aromatic carbocycles. The summed E-state index contributed by atoms with van der Waals surface area (Å²) in [6, 6.07) is 1.49. The molecular formula is C15H26N4O. The predicted molar refractivity (Wildman–Crippen MR) is 77.5 cm³/mol. The Morgan fingerprint density at radius 2 is 2.05 bits per heavy atom. The lowest BCUT2D eigenvalue weighted by Crippen LogP contribution is -2.61. The third-order valence-electron chi connectivity index (χ3n) is 4.60. The number of nitrogens with zero attached hydrogens (tertiary/aromatic N) is 4. The summed E-state index contributed by atoms with van der Waals surface area (Å²) >= 11 is 0. The Balaban J connectivity index is 1.47. The minimum atomic E-state index is 0.314. The molecule has 20 heavy (non-hydrogen) atoms. The van der Waals surface area contributed by atoms with Crippen molar-refractivity contribution in [1.29, 1.82) is 0 Å². The van der Waals surface area contributed by atoms with Crippen LogP contribution in [0.4, 0.5) is 0 Å². The smallest absolute Gasteiger partial charge is 0.230 e. The summed E-state index contributed by atoms with van der Waals surface area (Å²) in [5.41, 5.74) is 0. The first-order valence-corrected chi connectivity index (χ1v) is 7.94. The summed E-state index contributed by atoms with van der Waals surface area (Å²) < 4.78 is 5.68. The lowest BCUT2D eigenvalue weighted by atomic mass is 9.97. The number of aromatic nitrogens is 2. The van der Waals surface area contributed by atoms with E-state index in [0.29, 0.717) is 5.92 Å². The number of hydrogen-bond acceptors (Lipinski definition) is 5. The van der Waals surface area contributed by atoms with Gasteiger partial charge in [-0.25, -0.2) is 0 Å². The Hall–Kier alpha value is -0.940. The van der Waals surface area contributed by atoms with Gasteiger partial charge in [0.15, 0.2) is 0 Å². The van der Waals surface area contributed by atoms with E-state index in [-0.39, 0.29) is 0 Å². The molecule has 1 aromatic rings. The molecule has 0 saturated carbocycles. The number of hydrogen-bond donors (Lipinski definition) is 0. The molecule has 2 aliphatic rings. The summed E-state index contributed by atoms with van der Waals surface area (Å²) in [5, 5.41) is 8.23. The van der Waals surface area contributed by atoms with E-state index in [0.717, 1.165) is 43.5 Å². The van der Waals surface area contributed by atoms with Crippen molar-refractivity contribution in [3.05, 3.63) is 11.8 Å². The third kappa shape index (κ3) is 2.88. The molecule has 0 bridgehead atoms. The summed E-state index contributed by atoms with van der Waals surface area (Å²) in [7, 11) is 0. The molecule has 0 amide bonds. The zero-order valence-corrected chi connectivity index (χ0v) is 12.9. The van der Waals surface area contributed by atoms with Crippen LogP contribution < -0.4 is 0 Å². The summed E-state index contributed by atoms with van der Waals surface area (Å²) in [6.45, 7) is 10.9. The molecule has 5 nitrogen and oxygen atoms in total. The fraction of sp³-hybridized carbons (Fsp3) is 0.867. The first kappa shape index (κ1) is 14.0. The largest absolute Gasteiger partial charge is 0.424 e. The normalized spacial score (nSPS) is 26.1. The van der Waals surface area contributed by atoms with Gasteiger partial charge in [-0.1, -0.05) is 20.3 Å². The molecule has 3 heterocycles. The van der Waals surface area contributed by atoms with Gasteiger partial charge in [0.1, 0.15) is 0 Å². The zero-order valence-electron chi connectivity index (χ0n) is 12.9. The van der Waals surface area contributed by atoms with Crippen molar-refractivity contribution in [2.45, 2.75) is 64.6 Å². The van der Waals surface area contributed by atoms with E-state index in [9.17, 15) is 0 Å². The quantitative estimate of drug-likeness (QED) is 0.845. The van der Waals surface area contributed by atoms with Gasteiger partial charge in [0.05, 0.1) is 6.54 Å². The summed E-state index contributed by atoms with van der Waals surface area (Å²) in [5.74, 6) is 1.83. The maximum atomic E-state index is 5.68. The molecular weight excluding hydrogens is 252 g/mol. The first-order chi connectivity index (χ1) is 9.63. The number of piperidine rings is 1. The van der Waals surface area contributed by atoms with Crippen molar-refractivity contribution in [3.63, 3.8) is 0 Å². The van der Waals surface area contributed by atoms with Gasteiger partial charge in [-0.05, 0) is 26.3 Å². The van der Waals surface area contributed by atoms with Crippen molar-refractivity contribution in [2.24, 2.45) is 0 Å². The standard InChI is InChI=1S/C15H26N4O/c1-11(2)15-17-16-14(20-15)10-18-8-13(9-18)19-7-5-4-6-12(19)3/h11-13H,4-10H2,1-3H3. The van der Waals surface area contributed by atoms with Crippen molar-refractivity contribution in [3.8, 4) is 0 Å². The fourth-order valence-corrected chi connectivity index (χ4v) is 3.30. The maximum Gasteiger partial charge on any atom is 0.230 e. The van der Waals surface area contributed by atoms with E-state index < -0.39 is 0 Å². The van der Waals surface area contributed by atoms with E-state index in [1.54, 1.807) is 0 Å². The Morgan fingerprint density at radius 1 is 1.25 bits per heavy atom. The highest BCUT2D eigenvalue weighted by molar-refractivity contribution is 4.94. The van der Waals surface area contributed by atoms with E-state index in [1.807, 2.05) is 0 Å². The molecule has 0 N–H and O–H groups in total. The Morgan fingerprint density at radius 3 is 2.70 bits per heavy atom. The average Bonchev–Trinajstić information content (AvgIpc) is 2.83. The van der Waals surface area contributed by atoms with Crippen LogP contribution in [-0.2, 0) is 6.54 Å². The molecule has 0 radical (unpaired) electrons. The predicted octanol–water partition coefficient (Wildman–Crippen LogP) is 2.25. The van der Waals surface area contributed by atoms with Crippen LogP contribution in [0.2, 0.25) is 0 Å². The molecule has 2 saturated heterocycles. The fourth-order valence-electron chi connectivity index (χ4n) is 3.30. The highest BCUT2D eigenvalue weighted by atomic mass is 16.4. The second-order valence-corrected chi connectivity index (χ2v) is 6.62. The van der Waals surface area contributed by atoms with Gasteiger partial charge in [0.25, 0.3) is 0 Å². The molecule has 3 rings (SSSR count). The zero-order chi connectivity index (χ0) is 14.1. The van der Waals surface area contributed by atoms with Crippen LogP contribution in [0, 0.1) is 0 Å². The molecule has 0 spiro atoms. The third-order valence-corrected chi connectivity index (χ3v) is 4.60. The van der Waals surface area contributed by atoms with Crippen LogP contribution in [0.1, 0.15) is 57.7 Å². The minimum absolute atomic E-state index is 0.314. The van der Waals surface area contributed by atoms with Crippen molar-refractivity contribution >= 4 is 0 Å². The van der Waals surface area contributed by atoms with Gasteiger partial charge in [-0.3, -0.25) is 9.80 Å². The van der Waals surface area contributed by atoms with Crippen LogP contribution in [0.3, 0.4) is 0 Å². The Kier molecular flexibility index (Phi) is 4.08. The van der Waals surface area contributed by atoms with Crippen molar-refractivity contribution < 1.29 is 4.42 Å². The molecule has 2 fully saturated rings. The second-order valence-electron chi connectivity index (χ2n) is 6.62. The second kappa shape index (κ2) is 5.82. The van der Waals surface area contributed by atoms with Crippen molar-refractivity contribution in [1.82, 2.24) is 20.0 Å². The van der Waals surface area contributed by atoms with Crippen LogP contribution in [0.25, 0.3) is 0 Å². The van der Waals surface area contributed by atoms with Gasteiger partial charge in [0, 0.05) is 31.1 Å². The van der Waals surface area contributed by atoms with Gasteiger partial charge in [0.2, 0.25) is 11.8 Å². The SMILES string of the molecule is CC(C)c1nnc(CN2CC(N3CCCCC3C)C2)o1. The number of likely N-dealkylation sites (tertiary alicyclic amines) is 2.